The first-order chi connectivity index (χ1) is 10.3. The number of rotatable bonds is 3. The summed E-state index contributed by atoms with van der Waals surface area (Å²) in [6, 6.07) is 6.77. The molecule has 2 heterocycles. The number of benzene rings is 1. The van der Waals surface area contributed by atoms with Crippen LogP contribution in [0.3, 0.4) is 0 Å². The van der Waals surface area contributed by atoms with Crippen LogP contribution in [0.1, 0.15) is 12.2 Å². The van der Waals surface area contributed by atoms with E-state index in [0.717, 1.165) is 5.56 Å². The molecule has 1 fully saturated rings. The van der Waals surface area contributed by atoms with Crippen molar-refractivity contribution in [2.75, 3.05) is 11.4 Å². The van der Waals surface area contributed by atoms with Gasteiger partial charge in [-0.2, -0.15) is 13.5 Å². The highest BCUT2D eigenvalue weighted by molar-refractivity contribution is 7.87. The monoisotopic (exact) mass is 324 g/mol. The van der Waals surface area contributed by atoms with Crippen molar-refractivity contribution in [3.63, 3.8) is 0 Å². The SMILES string of the molecule is Cc1nc(-c2ccc(N3CC(S(=O)(=O)F)CC3=O)cc2)n[nH]1. The van der Waals surface area contributed by atoms with Crippen LogP contribution in [0.15, 0.2) is 24.3 Å². The molecule has 0 radical (unpaired) electrons. The first-order valence-electron chi connectivity index (χ1n) is 6.58. The van der Waals surface area contributed by atoms with E-state index in [4.69, 9.17) is 0 Å². The first-order valence-corrected chi connectivity index (χ1v) is 8.02. The summed E-state index contributed by atoms with van der Waals surface area (Å²) in [4.78, 5) is 17.3. The number of amides is 1. The van der Waals surface area contributed by atoms with Crippen molar-refractivity contribution in [3.05, 3.63) is 30.1 Å². The second-order valence-corrected chi connectivity index (χ2v) is 6.72. The van der Waals surface area contributed by atoms with Crippen LogP contribution < -0.4 is 4.90 Å². The van der Waals surface area contributed by atoms with E-state index >= 15 is 0 Å². The summed E-state index contributed by atoms with van der Waals surface area (Å²) in [5.74, 6) is 0.804. The largest absolute Gasteiger partial charge is 0.311 e. The number of nitrogens with one attached hydrogen (secondary N) is 1. The second kappa shape index (κ2) is 5.16. The van der Waals surface area contributed by atoms with E-state index in [1.165, 1.54) is 4.90 Å². The van der Waals surface area contributed by atoms with Gasteiger partial charge in [0.05, 0.1) is 0 Å². The van der Waals surface area contributed by atoms with Crippen LogP contribution in [0.5, 0.6) is 0 Å². The highest BCUT2D eigenvalue weighted by Gasteiger charge is 2.39. The van der Waals surface area contributed by atoms with Gasteiger partial charge < -0.3 is 4.90 Å². The minimum absolute atomic E-state index is 0.170. The van der Waals surface area contributed by atoms with Gasteiger partial charge in [-0.3, -0.25) is 9.89 Å². The first kappa shape index (κ1) is 14.6. The Labute approximate surface area is 126 Å². The number of aryl methyl sites for hydroxylation is 1. The molecule has 1 aromatic heterocycles. The van der Waals surface area contributed by atoms with Crippen LogP contribution >= 0.6 is 0 Å². The third-order valence-corrected chi connectivity index (χ3v) is 4.63. The summed E-state index contributed by atoms with van der Waals surface area (Å²) in [7, 11) is -4.71. The molecule has 116 valence electrons. The molecule has 1 aromatic carbocycles. The van der Waals surface area contributed by atoms with Gasteiger partial charge in [-0.25, -0.2) is 4.98 Å². The van der Waals surface area contributed by atoms with Gasteiger partial charge in [0.2, 0.25) is 5.91 Å². The summed E-state index contributed by atoms with van der Waals surface area (Å²) < 4.78 is 34.9. The van der Waals surface area contributed by atoms with Crippen molar-refractivity contribution < 1.29 is 17.1 Å². The van der Waals surface area contributed by atoms with Crippen LogP contribution in [-0.2, 0) is 15.0 Å². The van der Waals surface area contributed by atoms with Gasteiger partial charge in [-0.1, -0.05) is 0 Å². The molecule has 1 unspecified atom stereocenters. The van der Waals surface area contributed by atoms with Gasteiger partial charge in [-0.15, -0.1) is 3.89 Å². The fraction of sp³-hybridized carbons (Fsp3) is 0.308. The normalized spacial score (nSPS) is 18.9. The van der Waals surface area contributed by atoms with Gasteiger partial charge >= 0.3 is 10.2 Å². The smallest absolute Gasteiger partial charge is 0.307 e. The van der Waals surface area contributed by atoms with Crippen molar-refractivity contribution in [3.8, 4) is 11.4 Å². The van der Waals surface area contributed by atoms with E-state index in [1.807, 2.05) is 0 Å². The maximum atomic E-state index is 13.0. The number of carbonyl (C=O) groups excluding carboxylic acids is 1. The average molecular weight is 324 g/mol. The average Bonchev–Trinajstić information content (AvgIpc) is 3.05. The molecule has 1 saturated heterocycles. The molecule has 0 bridgehead atoms. The minimum Gasteiger partial charge on any atom is -0.311 e. The Morgan fingerprint density at radius 1 is 1.32 bits per heavy atom. The molecule has 1 aliphatic heterocycles. The molecule has 3 rings (SSSR count). The van der Waals surface area contributed by atoms with Gasteiger partial charge in [0, 0.05) is 24.2 Å². The maximum Gasteiger partial charge on any atom is 0.307 e. The lowest BCUT2D eigenvalue weighted by Gasteiger charge is -2.16. The fourth-order valence-corrected chi connectivity index (χ4v) is 3.04. The van der Waals surface area contributed by atoms with Gasteiger partial charge in [0.15, 0.2) is 5.82 Å². The zero-order valence-corrected chi connectivity index (χ0v) is 12.5. The topological polar surface area (TPSA) is 96.0 Å². The molecule has 22 heavy (non-hydrogen) atoms. The Hall–Kier alpha value is -2.29. The maximum absolute atomic E-state index is 13.0. The summed E-state index contributed by atoms with van der Waals surface area (Å²) in [6.45, 7) is 1.61. The van der Waals surface area contributed by atoms with Crippen LogP contribution in [0.4, 0.5) is 9.57 Å². The lowest BCUT2D eigenvalue weighted by atomic mass is 10.2. The van der Waals surface area contributed by atoms with E-state index in [2.05, 4.69) is 15.2 Å². The van der Waals surface area contributed by atoms with E-state index in [9.17, 15) is 17.1 Å². The van der Waals surface area contributed by atoms with Gasteiger partial charge in [0.1, 0.15) is 11.1 Å². The van der Waals surface area contributed by atoms with Gasteiger partial charge in [0.25, 0.3) is 0 Å². The number of hydrogen-bond donors (Lipinski definition) is 1. The predicted molar refractivity (Wildman–Crippen MR) is 77.3 cm³/mol. The standard InChI is InChI=1S/C13H13FN4O3S/c1-8-15-13(17-16-8)9-2-4-10(5-3-9)18-7-11(6-12(18)19)22(14,20)21/h2-5,11H,6-7H2,1H3,(H,15,16,17). The highest BCUT2D eigenvalue weighted by atomic mass is 32.3. The summed E-state index contributed by atoms with van der Waals surface area (Å²) in [5, 5.41) is 5.46. The van der Waals surface area contributed by atoms with E-state index in [1.54, 1.807) is 31.2 Å². The van der Waals surface area contributed by atoms with E-state index < -0.39 is 21.4 Å². The van der Waals surface area contributed by atoms with E-state index in [-0.39, 0.29) is 13.0 Å². The Morgan fingerprint density at radius 3 is 2.50 bits per heavy atom. The summed E-state index contributed by atoms with van der Waals surface area (Å²) in [5.41, 5.74) is 1.28. The molecule has 1 aliphatic rings. The predicted octanol–water partition coefficient (Wildman–Crippen LogP) is 1.18. The molecule has 0 saturated carbocycles. The Morgan fingerprint density at radius 2 is 2.00 bits per heavy atom. The van der Waals surface area contributed by atoms with Crippen LogP contribution in [0.2, 0.25) is 0 Å². The van der Waals surface area contributed by atoms with Crippen molar-refractivity contribution >= 4 is 21.8 Å². The zero-order chi connectivity index (χ0) is 15.9. The number of carbonyl (C=O) groups is 1. The molecule has 2 aromatic rings. The fourth-order valence-electron chi connectivity index (χ4n) is 2.38. The van der Waals surface area contributed by atoms with Crippen LogP contribution in [0, 0.1) is 6.92 Å². The van der Waals surface area contributed by atoms with Crippen molar-refractivity contribution in [1.29, 1.82) is 0 Å². The summed E-state index contributed by atoms with van der Waals surface area (Å²) >= 11 is 0. The number of aromatic nitrogens is 3. The lowest BCUT2D eigenvalue weighted by molar-refractivity contribution is -0.117. The molecular formula is C13H13FN4O3S. The third kappa shape index (κ3) is 2.71. The molecule has 1 N–H and O–H groups in total. The number of hydrogen-bond acceptors (Lipinski definition) is 5. The Bertz CT molecular complexity index is 816. The quantitative estimate of drug-likeness (QED) is 0.855. The molecule has 7 nitrogen and oxygen atoms in total. The molecule has 0 spiro atoms. The minimum atomic E-state index is -4.71. The molecule has 1 amide bonds. The molecular weight excluding hydrogens is 311 g/mol. The van der Waals surface area contributed by atoms with E-state index in [0.29, 0.717) is 17.3 Å². The number of aromatic amines is 1. The number of H-pyrrole nitrogens is 1. The molecule has 0 aliphatic carbocycles. The Kier molecular flexibility index (Phi) is 3.44. The summed E-state index contributed by atoms with van der Waals surface area (Å²) in [6.07, 6.45) is -0.333. The van der Waals surface area contributed by atoms with Crippen molar-refractivity contribution in [2.24, 2.45) is 0 Å². The van der Waals surface area contributed by atoms with Gasteiger partial charge in [-0.05, 0) is 31.2 Å². The number of nitrogens with zero attached hydrogens (tertiary/aromatic N) is 3. The van der Waals surface area contributed by atoms with Crippen molar-refractivity contribution in [2.45, 2.75) is 18.6 Å². The van der Waals surface area contributed by atoms with Crippen LogP contribution in [0.25, 0.3) is 11.4 Å². The number of halogens is 1. The second-order valence-electron chi connectivity index (χ2n) is 5.10. The Balaban J connectivity index is 1.83. The molecule has 1 atom stereocenters. The van der Waals surface area contributed by atoms with Crippen molar-refractivity contribution in [1.82, 2.24) is 15.2 Å². The zero-order valence-electron chi connectivity index (χ0n) is 11.7. The third-order valence-electron chi connectivity index (χ3n) is 3.52. The number of anilines is 1. The molecule has 9 heteroatoms. The van der Waals surface area contributed by atoms with Crippen LogP contribution in [-0.4, -0.2) is 41.3 Å². The lowest BCUT2D eigenvalue weighted by Crippen LogP contribution is -2.26. The highest BCUT2D eigenvalue weighted by Crippen LogP contribution is 2.27.